The molecule has 24 heavy (non-hydrogen) atoms. The number of para-hydroxylation sites is 2. The molecule has 0 aromatic heterocycles. The van der Waals surface area contributed by atoms with Crippen LogP contribution >= 0.6 is 0 Å². The van der Waals surface area contributed by atoms with Gasteiger partial charge >= 0.3 is 5.97 Å². The van der Waals surface area contributed by atoms with Gasteiger partial charge in [-0.3, -0.25) is 14.4 Å². The summed E-state index contributed by atoms with van der Waals surface area (Å²) in [6, 6.07) is 7.25. The summed E-state index contributed by atoms with van der Waals surface area (Å²) in [7, 11) is 0. The lowest BCUT2D eigenvalue weighted by atomic mass is 10.1. The number of unbranched alkanes of at least 4 members (excludes halogenated alkanes) is 1. The van der Waals surface area contributed by atoms with Gasteiger partial charge in [0.1, 0.15) is 5.75 Å². The Bertz CT molecular complexity index is 617. The number of nitrogens with zero attached hydrogens (tertiary/aromatic N) is 1. The van der Waals surface area contributed by atoms with E-state index in [2.05, 4.69) is 5.32 Å². The highest BCUT2D eigenvalue weighted by atomic mass is 16.5. The maximum absolute atomic E-state index is 12.3. The third-order valence-corrected chi connectivity index (χ3v) is 3.78. The van der Waals surface area contributed by atoms with Crippen molar-refractivity contribution in [1.82, 2.24) is 5.32 Å². The number of hydrogen-bond acceptors (Lipinski definition) is 4. The Morgan fingerprint density at radius 3 is 2.75 bits per heavy atom. The zero-order valence-electron chi connectivity index (χ0n) is 13.7. The van der Waals surface area contributed by atoms with E-state index in [1.165, 1.54) is 0 Å². The monoisotopic (exact) mass is 334 g/mol. The first-order chi connectivity index (χ1) is 11.5. The van der Waals surface area contributed by atoms with Crippen LogP contribution in [0.5, 0.6) is 5.75 Å². The molecule has 1 aromatic carbocycles. The molecule has 0 saturated heterocycles. The lowest BCUT2D eigenvalue weighted by Gasteiger charge is -2.32. The summed E-state index contributed by atoms with van der Waals surface area (Å²) in [5.41, 5.74) is 0.676. The fourth-order valence-electron chi connectivity index (χ4n) is 2.52. The Morgan fingerprint density at radius 2 is 2.00 bits per heavy atom. The summed E-state index contributed by atoms with van der Waals surface area (Å²) in [6.07, 6.45) is 0.869. The smallest absolute Gasteiger partial charge is 0.303 e. The molecule has 0 radical (unpaired) electrons. The lowest BCUT2D eigenvalue weighted by molar-refractivity contribution is -0.137. The summed E-state index contributed by atoms with van der Waals surface area (Å²) in [5, 5.41) is 11.3. The van der Waals surface area contributed by atoms with Gasteiger partial charge in [0, 0.05) is 25.9 Å². The van der Waals surface area contributed by atoms with Crippen molar-refractivity contribution in [3.05, 3.63) is 24.3 Å². The molecular formula is C17H22N2O5. The average molecular weight is 334 g/mol. The van der Waals surface area contributed by atoms with Crippen LogP contribution in [0.3, 0.4) is 0 Å². The Hall–Kier alpha value is -2.57. The van der Waals surface area contributed by atoms with Crippen molar-refractivity contribution in [3.8, 4) is 5.75 Å². The van der Waals surface area contributed by atoms with Crippen molar-refractivity contribution in [3.63, 3.8) is 0 Å². The molecule has 1 aliphatic heterocycles. The first kappa shape index (κ1) is 17.8. The molecule has 1 aliphatic rings. The van der Waals surface area contributed by atoms with Crippen LogP contribution in [-0.4, -0.2) is 42.1 Å². The summed E-state index contributed by atoms with van der Waals surface area (Å²) in [5.74, 6) is -0.517. The number of aliphatic carboxylic acids is 1. The number of carbonyl (C=O) groups is 3. The van der Waals surface area contributed by atoms with E-state index in [4.69, 9.17) is 9.84 Å². The van der Waals surface area contributed by atoms with Crippen molar-refractivity contribution >= 4 is 23.5 Å². The number of rotatable bonds is 8. The normalized spacial score (nSPS) is 16.3. The molecule has 2 amide bonds. The predicted octanol–water partition coefficient (Wildman–Crippen LogP) is 1.56. The quantitative estimate of drug-likeness (QED) is 0.703. The first-order valence-corrected chi connectivity index (χ1v) is 8.04. The van der Waals surface area contributed by atoms with E-state index in [-0.39, 0.29) is 31.2 Å². The van der Waals surface area contributed by atoms with Crippen molar-refractivity contribution in [2.24, 2.45) is 0 Å². The van der Waals surface area contributed by atoms with Crippen LogP contribution in [0.25, 0.3) is 0 Å². The van der Waals surface area contributed by atoms with Gasteiger partial charge in [0.05, 0.1) is 5.69 Å². The number of fused-ring (bicyclic) bond motifs is 1. The van der Waals surface area contributed by atoms with Crippen LogP contribution in [0.15, 0.2) is 24.3 Å². The summed E-state index contributed by atoms with van der Waals surface area (Å²) in [4.78, 5) is 36.1. The number of benzene rings is 1. The Morgan fingerprint density at radius 1 is 1.25 bits per heavy atom. The van der Waals surface area contributed by atoms with Gasteiger partial charge in [-0.1, -0.05) is 12.1 Å². The zero-order valence-corrected chi connectivity index (χ0v) is 13.7. The van der Waals surface area contributed by atoms with E-state index in [0.717, 1.165) is 0 Å². The van der Waals surface area contributed by atoms with Crippen LogP contribution in [-0.2, 0) is 14.4 Å². The molecule has 0 bridgehead atoms. The largest absolute Gasteiger partial charge is 0.481 e. The van der Waals surface area contributed by atoms with Crippen molar-refractivity contribution in [1.29, 1.82) is 0 Å². The van der Waals surface area contributed by atoms with E-state index in [9.17, 15) is 14.4 Å². The molecule has 1 atom stereocenters. The van der Waals surface area contributed by atoms with Gasteiger partial charge in [-0.2, -0.15) is 0 Å². The van der Waals surface area contributed by atoms with Gasteiger partial charge in [-0.05, 0) is 31.9 Å². The number of anilines is 1. The fourth-order valence-corrected chi connectivity index (χ4v) is 2.52. The molecule has 1 aromatic rings. The maximum Gasteiger partial charge on any atom is 0.303 e. The fraction of sp³-hybridized carbons (Fsp3) is 0.471. The Balaban J connectivity index is 1.81. The Labute approximate surface area is 140 Å². The molecule has 2 rings (SSSR count). The SMILES string of the molecule is CC1Oc2ccccc2N(CCC(=O)NCCCCC(=O)O)C1=O. The van der Waals surface area contributed by atoms with Crippen LogP contribution in [0.4, 0.5) is 5.69 Å². The molecule has 2 N–H and O–H groups in total. The molecule has 130 valence electrons. The highest BCUT2D eigenvalue weighted by molar-refractivity contribution is 6.00. The van der Waals surface area contributed by atoms with Crippen molar-refractivity contribution in [2.75, 3.05) is 18.0 Å². The molecule has 0 spiro atoms. The van der Waals surface area contributed by atoms with Crippen LogP contribution in [0.2, 0.25) is 0 Å². The summed E-state index contributed by atoms with van der Waals surface area (Å²) < 4.78 is 5.55. The van der Waals surface area contributed by atoms with E-state index in [1.54, 1.807) is 24.0 Å². The van der Waals surface area contributed by atoms with E-state index >= 15 is 0 Å². The third kappa shape index (κ3) is 4.71. The number of hydrogen-bond donors (Lipinski definition) is 2. The van der Waals surface area contributed by atoms with Crippen LogP contribution < -0.4 is 15.0 Å². The minimum atomic E-state index is -0.833. The van der Waals surface area contributed by atoms with Gasteiger partial charge < -0.3 is 20.1 Å². The van der Waals surface area contributed by atoms with Gasteiger partial charge in [0.2, 0.25) is 5.91 Å². The Kier molecular flexibility index (Phi) is 6.17. The predicted molar refractivity (Wildman–Crippen MR) is 88.0 cm³/mol. The topological polar surface area (TPSA) is 95.9 Å². The molecule has 0 saturated carbocycles. The zero-order chi connectivity index (χ0) is 17.5. The van der Waals surface area contributed by atoms with Crippen LogP contribution in [0, 0.1) is 0 Å². The molecule has 7 nitrogen and oxygen atoms in total. The minimum absolute atomic E-state index is 0.104. The highest BCUT2D eigenvalue weighted by Crippen LogP contribution is 2.33. The number of amides is 2. The van der Waals surface area contributed by atoms with Gasteiger partial charge in [0.15, 0.2) is 6.10 Å². The summed E-state index contributed by atoms with van der Waals surface area (Å²) >= 11 is 0. The van der Waals surface area contributed by atoms with Crippen molar-refractivity contribution in [2.45, 2.75) is 38.7 Å². The van der Waals surface area contributed by atoms with Gasteiger partial charge in [-0.25, -0.2) is 0 Å². The second-order valence-corrected chi connectivity index (χ2v) is 5.67. The molecule has 7 heteroatoms. The molecular weight excluding hydrogens is 312 g/mol. The number of carboxylic acids is 1. The second kappa shape index (κ2) is 8.33. The van der Waals surface area contributed by atoms with Crippen molar-refractivity contribution < 1.29 is 24.2 Å². The average Bonchev–Trinajstić information content (AvgIpc) is 2.54. The summed E-state index contributed by atoms with van der Waals surface area (Å²) in [6.45, 7) is 2.41. The van der Waals surface area contributed by atoms with E-state index in [0.29, 0.717) is 30.8 Å². The van der Waals surface area contributed by atoms with Gasteiger partial charge in [0.25, 0.3) is 5.91 Å². The molecule has 1 heterocycles. The maximum atomic E-state index is 12.3. The minimum Gasteiger partial charge on any atom is -0.481 e. The number of ether oxygens (including phenoxy) is 1. The molecule has 1 unspecified atom stereocenters. The van der Waals surface area contributed by atoms with Gasteiger partial charge in [-0.15, -0.1) is 0 Å². The lowest BCUT2D eigenvalue weighted by Crippen LogP contribution is -2.45. The molecule has 0 aliphatic carbocycles. The van der Waals surface area contributed by atoms with E-state index < -0.39 is 12.1 Å². The number of nitrogens with one attached hydrogen (secondary N) is 1. The standard InChI is InChI=1S/C17H22N2O5/c1-12-17(23)19(13-6-2-3-7-14(13)24-12)11-9-15(20)18-10-5-4-8-16(21)22/h2-3,6-7,12H,4-5,8-11H2,1H3,(H,18,20)(H,21,22). The first-order valence-electron chi connectivity index (χ1n) is 8.04. The van der Waals surface area contributed by atoms with Crippen LogP contribution in [0.1, 0.15) is 32.6 Å². The number of carboxylic acid groups (broad SMARTS) is 1. The highest BCUT2D eigenvalue weighted by Gasteiger charge is 2.31. The number of carbonyl (C=O) groups excluding carboxylic acids is 2. The second-order valence-electron chi connectivity index (χ2n) is 5.67. The third-order valence-electron chi connectivity index (χ3n) is 3.78. The van der Waals surface area contributed by atoms with E-state index in [1.807, 2.05) is 12.1 Å². The molecule has 0 fully saturated rings.